The van der Waals surface area contributed by atoms with Crippen LogP contribution in [0.25, 0.3) is 0 Å². The second-order valence-corrected chi connectivity index (χ2v) is 2.39. The fourth-order valence-corrected chi connectivity index (χ4v) is 0.963. The standard InChI is InChI=1S/C8H12N2O2/c1-12-8-3-2-6(5-10-9)4-7(8)11/h2-4,10-11H,5,9H2,1H3. The molecule has 66 valence electrons. The number of methoxy groups -OCH3 is 1. The van der Waals surface area contributed by atoms with Crippen molar-refractivity contribution in [1.82, 2.24) is 5.43 Å². The Morgan fingerprint density at radius 1 is 1.58 bits per heavy atom. The third kappa shape index (κ3) is 1.87. The van der Waals surface area contributed by atoms with Crippen LogP contribution in [-0.2, 0) is 6.54 Å². The van der Waals surface area contributed by atoms with Gasteiger partial charge in [-0.1, -0.05) is 6.07 Å². The number of rotatable bonds is 3. The van der Waals surface area contributed by atoms with Gasteiger partial charge in [-0.2, -0.15) is 0 Å². The molecule has 0 aromatic heterocycles. The highest BCUT2D eigenvalue weighted by molar-refractivity contribution is 5.41. The summed E-state index contributed by atoms with van der Waals surface area (Å²) in [5, 5.41) is 9.32. The van der Waals surface area contributed by atoms with Gasteiger partial charge in [0.25, 0.3) is 0 Å². The summed E-state index contributed by atoms with van der Waals surface area (Å²) in [5.74, 6) is 5.72. The monoisotopic (exact) mass is 168 g/mol. The van der Waals surface area contributed by atoms with Gasteiger partial charge in [-0.3, -0.25) is 11.3 Å². The smallest absolute Gasteiger partial charge is 0.160 e. The molecule has 0 saturated heterocycles. The molecule has 1 aromatic carbocycles. The van der Waals surface area contributed by atoms with E-state index in [2.05, 4.69) is 5.43 Å². The molecule has 4 heteroatoms. The van der Waals surface area contributed by atoms with Gasteiger partial charge in [-0.15, -0.1) is 0 Å². The number of phenolic OH excluding ortho intramolecular Hbond substituents is 1. The first-order valence-corrected chi connectivity index (χ1v) is 3.57. The Hall–Kier alpha value is -1.26. The van der Waals surface area contributed by atoms with Gasteiger partial charge in [0.15, 0.2) is 11.5 Å². The maximum absolute atomic E-state index is 9.32. The number of ether oxygens (including phenoxy) is 1. The minimum absolute atomic E-state index is 0.130. The highest BCUT2D eigenvalue weighted by atomic mass is 16.5. The number of aromatic hydroxyl groups is 1. The Morgan fingerprint density at radius 3 is 2.83 bits per heavy atom. The van der Waals surface area contributed by atoms with Crippen molar-refractivity contribution in [3.8, 4) is 11.5 Å². The van der Waals surface area contributed by atoms with Crippen molar-refractivity contribution in [3.63, 3.8) is 0 Å². The summed E-state index contributed by atoms with van der Waals surface area (Å²) >= 11 is 0. The predicted octanol–water partition coefficient (Wildman–Crippen LogP) is 0.364. The van der Waals surface area contributed by atoms with Crippen LogP contribution in [0.1, 0.15) is 5.56 Å². The van der Waals surface area contributed by atoms with E-state index in [9.17, 15) is 5.11 Å². The molecular formula is C8H12N2O2. The Balaban J connectivity index is 2.86. The van der Waals surface area contributed by atoms with E-state index in [1.165, 1.54) is 7.11 Å². The zero-order valence-corrected chi connectivity index (χ0v) is 6.87. The van der Waals surface area contributed by atoms with Crippen molar-refractivity contribution in [2.75, 3.05) is 7.11 Å². The molecule has 0 fully saturated rings. The van der Waals surface area contributed by atoms with Crippen LogP contribution in [0.15, 0.2) is 18.2 Å². The first kappa shape index (κ1) is 8.83. The Morgan fingerprint density at radius 2 is 2.33 bits per heavy atom. The Bertz CT molecular complexity index is 263. The zero-order valence-electron chi connectivity index (χ0n) is 6.87. The highest BCUT2D eigenvalue weighted by Gasteiger charge is 2.00. The number of phenols is 1. The van der Waals surface area contributed by atoms with Crippen LogP contribution in [0, 0.1) is 0 Å². The first-order valence-electron chi connectivity index (χ1n) is 3.57. The van der Waals surface area contributed by atoms with E-state index in [-0.39, 0.29) is 5.75 Å². The molecule has 0 aliphatic heterocycles. The van der Waals surface area contributed by atoms with Crippen LogP contribution in [0.3, 0.4) is 0 Å². The van der Waals surface area contributed by atoms with E-state index in [1.807, 2.05) is 6.07 Å². The fourth-order valence-electron chi connectivity index (χ4n) is 0.963. The SMILES string of the molecule is COc1ccc(CNN)cc1O. The van der Waals surface area contributed by atoms with Gasteiger partial charge in [0.2, 0.25) is 0 Å². The molecule has 0 bridgehead atoms. The lowest BCUT2D eigenvalue weighted by Crippen LogP contribution is -2.20. The van der Waals surface area contributed by atoms with Crippen LogP contribution in [0.5, 0.6) is 11.5 Å². The van der Waals surface area contributed by atoms with Gasteiger partial charge in [0.1, 0.15) is 0 Å². The third-order valence-electron chi connectivity index (χ3n) is 1.55. The molecule has 4 nitrogen and oxygen atoms in total. The van der Waals surface area contributed by atoms with Crippen molar-refractivity contribution in [2.24, 2.45) is 5.84 Å². The summed E-state index contributed by atoms with van der Waals surface area (Å²) in [6, 6.07) is 5.14. The molecule has 0 saturated carbocycles. The molecule has 4 N–H and O–H groups in total. The maximum Gasteiger partial charge on any atom is 0.160 e. The molecule has 0 atom stereocenters. The summed E-state index contributed by atoms with van der Waals surface area (Å²) in [6.45, 7) is 0.525. The quantitative estimate of drug-likeness (QED) is 0.450. The number of hydrogen-bond acceptors (Lipinski definition) is 4. The average molecular weight is 168 g/mol. The Kier molecular flexibility index (Phi) is 2.90. The van der Waals surface area contributed by atoms with Gasteiger partial charge in [0.05, 0.1) is 7.11 Å². The van der Waals surface area contributed by atoms with Gasteiger partial charge in [-0.25, -0.2) is 0 Å². The summed E-state index contributed by atoms with van der Waals surface area (Å²) < 4.78 is 4.88. The van der Waals surface area contributed by atoms with E-state index in [0.717, 1.165) is 5.56 Å². The van der Waals surface area contributed by atoms with Gasteiger partial charge in [0, 0.05) is 6.54 Å². The van der Waals surface area contributed by atoms with E-state index in [4.69, 9.17) is 10.6 Å². The molecule has 0 amide bonds. The van der Waals surface area contributed by atoms with E-state index < -0.39 is 0 Å². The molecule has 1 aromatic rings. The molecule has 0 radical (unpaired) electrons. The summed E-state index contributed by atoms with van der Waals surface area (Å²) in [5.41, 5.74) is 3.41. The summed E-state index contributed by atoms with van der Waals surface area (Å²) in [4.78, 5) is 0. The molecule has 0 aliphatic rings. The molecule has 12 heavy (non-hydrogen) atoms. The number of nitrogens with two attached hydrogens (primary N) is 1. The van der Waals surface area contributed by atoms with Crippen LogP contribution >= 0.6 is 0 Å². The lowest BCUT2D eigenvalue weighted by atomic mass is 10.2. The van der Waals surface area contributed by atoms with Crippen LogP contribution in [-0.4, -0.2) is 12.2 Å². The normalized spacial score (nSPS) is 9.83. The van der Waals surface area contributed by atoms with Crippen LogP contribution < -0.4 is 16.0 Å². The second-order valence-electron chi connectivity index (χ2n) is 2.39. The number of hydrogen-bond donors (Lipinski definition) is 3. The van der Waals surface area contributed by atoms with Gasteiger partial charge in [-0.05, 0) is 17.7 Å². The Labute approximate surface area is 70.9 Å². The van der Waals surface area contributed by atoms with Crippen LogP contribution in [0.2, 0.25) is 0 Å². The van der Waals surface area contributed by atoms with Gasteiger partial charge < -0.3 is 9.84 Å². The fraction of sp³-hybridized carbons (Fsp3) is 0.250. The number of nitrogens with one attached hydrogen (secondary N) is 1. The van der Waals surface area contributed by atoms with Crippen molar-refractivity contribution in [3.05, 3.63) is 23.8 Å². The van der Waals surface area contributed by atoms with Crippen molar-refractivity contribution >= 4 is 0 Å². The largest absolute Gasteiger partial charge is 0.504 e. The minimum Gasteiger partial charge on any atom is -0.504 e. The topological polar surface area (TPSA) is 67.5 Å². The van der Waals surface area contributed by atoms with E-state index in [1.54, 1.807) is 12.1 Å². The molecule has 0 unspecified atom stereocenters. The zero-order chi connectivity index (χ0) is 8.97. The summed E-state index contributed by atoms with van der Waals surface area (Å²) in [6.07, 6.45) is 0. The number of hydrazine groups is 1. The number of benzene rings is 1. The molecule has 0 aliphatic carbocycles. The van der Waals surface area contributed by atoms with Crippen molar-refractivity contribution < 1.29 is 9.84 Å². The van der Waals surface area contributed by atoms with E-state index in [0.29, 0.717) is 12.3 Å². The third-order valence-corrected chi connectivity index (χ3v) is 1.55. The predicted molar refractivity (Wildman–Crippen MR) is 45.7 cm³/mol. The van der Waals surface area contributed by atoms with E-state index >= 15 is 0 Å². The average Bonchev–Trinajstić information content (AvgIpc) is 2.05. The molecule has 0 heterocycles. The summed E-state index contributed by atoms with van der Waals surface area (Å²) in [7, 11) is 1.51. The van der Waals surface area contributed by atoms with Gasteiger partial charge >= 0.3 is 0 Å². The molecular weight excluding hydrogens is 156 g/mol. The van der Waals surface area contributed by atoms with Crippen molar-refractivity contribution in [1.29, 1.82) is 0 Å². The minimum atomic E-state index is 0.130. The lowest BCUT2D eigenvalue weighted by molar-refractivity contribution is 0.373. The first-order chi connectivity index (χ1) is 5.77. The van der Waals surface area contributed by atoms with Crippen molar-refractivity contribution in [2.45, 2.75) is 6.54 Å². The lowest BCUT2D eigenvalue weighted by Gasteiger charge is -2.05. The van der Waals surface area contributed by atoms with Crippen LogP contribution in [0.4, 0.5) is 0 Å². The molecule has 0 spiro atoms. The maximum atomic E-state index is 9.32. The molecule has 1 rings (SSSR count). The second kappa shape index (κ2) is 3.94. The highest BCUT2D eigenvalue weighted by Crippen LogP contribution is 2.25.